The second-order valence-corrected chi connectivity index (χ2v) is 5.02. The normalized spacial score (nSPS) is 17.5. The fourth-order valence-corrected chi connectivity index (χ4v) is 2.01. The quantitative estimate of drug-likeness (QED) is 0.851. The minimum absolute atomic E-state index is 0.239. The summed E-state index contributed by atoms with van der Waals surface area (Å²) in [6.45, 7) is 2.59. The molecule has 0 bridgehead atoms. The smallest absolute Gasteiger partial charge is 0.126 e. The van der Waals surface area contributed by atoms with Crippen LogP contribution in [-0.2, 0) is 0 Å². The number of aliphatic hydroxyl groups is 1. The lowest BCUT2D eigenvalue weighted by Crippen LogP contribution is -2.23. The van der Waals surface area contributed by atoms with Crippen LogP contribution in [0.1, 0.15) is 36.5 Å². The first-order valence-electron chi connectivity index (χ1n) is 6.22. The Kier molecular flexibility index (Phi) is 3.79. The molecule has 1 aromatic carbocycles. The fourth-order valence-electron chi connectivity index (χ4n) is 2.01. The van der Waals surface area contributed by atoms with Gasteiger partial charge in [-0.2, -0.15) is 0 Å². The van der Waals surface area contributed by atoms with Gasteiger partial charge in [0.25, 0.3) is 0 Å². The largest absolute Gasteiger partial charge is 0.388 e. The van der Waals surface area contributed by atoms with Crippen LogP contribution in [0.5, 0.6) is 0 Å². The Bertz CT molecular complexity index is 390. The molecule has 1 unspecified atom stereocenters. The van der Waals surface area contributed by atoms with Crippen LogP contribution in [-0.4, -0.2) is 29.6 Å². The van der Waals surface area contributed by atoms with Crippen molar-refractivity contribution in [1.29, 1.82) is 0 Å². The Labute approximate surface area is 102 Å². The Morgan fingerprint density at radius 2 is 2.18 bits per heavy atom. The summed E-state index contributed by atoms with van der Waals surface area (Å²) in [7, 11) is 2.08. The highest BCUT2D eigenvalue weighted by Gasteiger charge is 2.26. The average Bonchev–Trinajstić information content (AvgIpc) is 3.13. The maximum atomic E-state index is 13.4. The molecule has 1 aliphatic carbocycles. The molecule has 2 rings (SSSR count). The third kappa shape index (κ3) is 3.27. The number of nitrogens with zero attached hydrogens (tertiary/aromatic N) is 1. The molecule has 94 valence electrons. The van der Waals surface area contributed by atoms with Gasteiger partial charge in [-0.3, -0.25) is 0 Å². The number of rotatable bonds is 5. The van der Waals surface area contributed by atoms with Gasteiger partial charge in [0.05, 0.1) is 6.10 Å². The molecule has 1 atom stereocenters. The van der Waals surface area contributed by atoms with Crippen LogP contribution < -0.4 is 0 Å². The lowest BCUT2D eigenvalue weighted by atomic mass is 10.0. The van der Waals surface area contributed by atoms with E-state index in [0.29, 0.717) is 23.6 Å². The van der Waals surface area contributed by atoms with Crippen molar-refractivity contribution in [3.8, 4) is 0 Å². The molecule has 1 aliphatic rings. The molecule has 0 aromatic heterocycles. The van der Waals surface area contributed by atoms with Crippen LogP contribution in [0.15, 0.2) is 18.2 Å². The highest BCUT2D eigenvalue weighted by molar-refractivity contribution is 5.24. The standard InChI is InChI=1S/C14H20FNO/c1-10-3-4-11(9-13(10)15)14(17)7-8-16(2)12-5-6-12/h3-4,9,12,14,17H,5-8H2,1-2H3. The first kappa shape index (κ1) is 12.5. The van der Waals surface area contributed by atoms with E-state index in [0.717, 1.165) is 6.54 Å². The molecular weight excluding hydrogens is 217 g/mol. The predicted molar refractivity (Wildman–Crippen MR) is 66.4 cm³/mol. The van der Waals surface area contributed by atoms with Gasteiger partial charge in [-0.15, -0.1) is 0 Å². The highest BCUT2D eigenvalue weighted by atomic mass is 19.1. The van der Waals surface area contributed by atoms with Crippen LogP contribution in [0.2, 0.25) is 0 Å². The molecule has 1 fully saturated rings. The number of hydrogen-bond donors (Lipinski definition) is 1. The van der Waals surface area contributed by atoms with Crippen LogP contribution in [0, 0.1) is 12.7 Å². The summed E-state index contributed by atoms with van der Waals surface area (Å²) in [5, 5.41) is 9.99. The summed E-state index contributed by atoms with van der Waals surface area (Å²) in [6, 6.07) is 5.67. The van der Waals surface area contributed by atoms with Crippen molar-refractivity contribution in [2.24, 2.45) is 0 Å². The zero-order valence-corrected chi connectivity index (χ0v) is 10.5. The summed E-state index contributed by atoms with van der Waals surface area (Å²) in [4.78, 5) is 2.27. The van der Waals surface area contributed by atoms with Gasteiger partial charge in [-0.05, 0) is 50.4 Å². The SMILES string of the molecule is Cc1ccc(C(O)CCN(C)C2CC2)cc1F. The van der Waals surface area contributed by atoms with Gasteiger partial charge >= 0.3 is 0 Å². The van der Waals surface area contributed by atoms with Crippen molar-refractivity contribution in [3.05, 3.63) is 35.1 Å². The summed E-state index contributed by atoms with van der Waals surface area (Å²) in [6.07, 6.45) is 2.64. The minimum atomic E-state index is -0.564. The Hall–Kier alpha value is -0.930. The third-order valence-corrected chi connectivity index (χ3v) is 3.51. The maximum Gasteiger partial charge on any atom is 0.126 e. The van der Waals surface area contributed by atoms with Crippen LogP contribution in [0.4, 0.5) is 4.39 Å². The molecule has 1 N–H and O–H groups in total. The van der Waals surface area contributed by atoms with Gasteiger partial charge in [-0.1, -0.05) is 12.1 Å². The number of aliphatic hydroxyl groups excluding tert-OH is 1. The van der Waals surface area contributed by atoms with Gasteiger partial charge in [0, 0.05) is 12.6 Å². The van der Waals surface area contributed by atoms with E-state index in [1.54, 1.807) is 19.1 Å². The molecule has 0 spiro atoms. The molecule has 1 aromatic rings. The van der Waals surface area contributed by atoms with E-state index in [4.69, 9.17) is 0 Å². The van der Waals surface area contributed by atoms with E-state index in [1.807, 2.05) is 0 Å². The fraction of sp³-hybridized carbons (Fsp3) is 0.571. The minimum Gasteiger partial charge on any atom is -0.388 e. The van der Waals surface area contributed by atoms with Crippen LogP contribution in [0.25, 0.3) is 0 Å². The van der Waals surface area contributed by atoms with Crippen molar-refractivity contribution in [2.75, 3.05) is 13.6 Å². The zero-order valence-electron chi connectivity index (χ0n) is 10.5. The van der Waals surface area contributed by atoms with Crippen molar-refractivity contribution in [3.63, 3.8) is 0 Å². The Morgan fingerprint density at radius 3 is 2.76 bits per heavy atom. The van der Waals surface area contributed by atoms with E-state index in [-0.39, 0.29) is 5.82 Å². The third-order valence-electron chi connectivity index (χ3n) is 3.51. The summed E-state index contributed by atoms with van der Waals surface area (Å²) >= 11 is 0. The first-order chi connectivity index (χ1) is 8.08. The van der Waals surface area contributed by atoms with Crippen LogP contribution in [0.3, 0.4) is 0 Å². The molecule has 0 heterocycles. The molecule has 3 heteroatoms. The molecule has 1 saturated carbocycles. The number of hydrogen-bond acceptors (Lipinski definition) is 2. The second kappa shape index (κ2) is 5.15. The summed E-state index contributed by atoms with van der Waals surface area (Å²) < 4.78 is 13.4. The van der Waals surface area contributed by atoms with Crippen molar-refractivity contribution < 1.29 is 9.50 Å². The van der Waals surface area contributed by atoms with Gasteiger partial charge in [-0.25, -0.2) is 4.39 Å². The van der Waals surface area contributed by atoms with Gasteiger partial charge in [0.1, 0.15) is 5.82 Å². The zero-order chi connectivity index (χ0) is 12.4. The van der Waals surface area contributed by atoms with E-state index < -0.39 is 6.10 Å². The van der Waals surface area contributed by atoms with E-state index in [9.17, 15) is 9.50 Å². The Morgan fingerprint density at radius 1 is 1.47 bits per heavy atom. The van der Waals surface area contributed by atoms with E-state index >= 15 is 0 Å². The van der Waals surface area contributed by atoms with Gasteiger partial charge in [0.15, 0.2) is 0 Å². The molecule has 0 radical (unpaired) electrons. The van der Waals surface area contributed by atoms with Gasteiger partial charge < -0.3 is 10.0 Å². The predicted octanol–water partition coefficient (Wildman–Crippen LogP) is 2.65. The molecular formula is C14H20FNO. The first-order valence-corrected chi connectivity index (χ1v) is 6.22. The Balaban J connectivity index is 1.89. The summed E-state index contributed by atoms with van der Waals surface area (Å²) in [5.41, 5.74) is 1.30. The molecule has 0 saturated heterocycles. The van der Waals surface area contributed by atoms with Crippen molar-refractivity contribution in [1.82, 2.24) is 4.90 Å². The summed E-state index contributed by atoms with van der Waals surface area (Å²) in [5.74, 6) is -0.239. The monoisotopic (exact) mass is 237 g/mol. The molecule has 0 aliphatic heterocycles. The van der Waals surface area contributed by atoms with Gasteiger partial charge in [0.2, 0.25) is 0 Å². The van der Waals surface area contributed by atoms with Crippen molar-refractivity contribution in [2.45, 2.75) is 38.3 Å². The lowest BCUT2D eigenvalue weighted by Gasteiger charge is -2.18. The lowest BCUT2D eigenvalue weighted by molar-refractivity contribution is 0.147. The maximum absolute atomic E-state index is 13.4. The molecule has 2 nitrogen and oxygen atoms in total. The molecule has 17 heavy (non-hydrogen) atoms. The van der Waals surface area contributed by atoms with Crippen molar-refractivity contribution >= 4 is 0 Å². The topological polar surface area (TPSA) is 23.5 Å². The number of aryl methyl sites for hydroxylation is 1. The van der Waals surface area contributed by atoms with E-state index in [2.05, 4.69) is 11.9 Å². The molecule has 0 amide bonds. The highest BCUT2D eigenvalue weighted by Crippen LogP contribution is 2.27. The average molecular weight is 237 g/mol. The van der Waals surface area contributed by atoms with E-state index in [1.165, 1.54) is 18.9 Å². The number of benzene rings is 1. The number of halogens is 1. The second-order valence-electron chi connectivity index (χ2n) is 5.02. The van der Waals surface area contributed by atoms with Crippen LogP contribution >= 0.6 is 0 Å².